The first kappa shape index (κ1) is 14.1. The van der Waals surface area contributed by atoms with Crippen LogP contribution in [0.4, 0.5) is 4.39 Å². The number of benzene rings is 1. The summed E-state index contributed by atoms with van der Waals surface area (Å²) in [6, 6.07) is 6.25. The van der Waals surface area contributed by atoms with Crippen molar-refractivity contribution in [3.05, 3.63) is 35.6 Å². The standard InChI is InChI=1S/C11H17FN2O2S/c1-2-11(14-7-8-17(13,15)16)9-5-3-4-6-10(9)12/h3-6,11,14H,2,7-8H2,1H3,(H2,13,15,16). The molecule has 0 heterocycles. The van der Waals surface area contributed by atoms with Crippen LogP contribution in [0.3, 0.4) is 0 Å². The minimum absolute atomic E-state index is 0.155. The maximum Gasteiger partial charge on any atom is 0.210 e. The third-order valence-corrected chi connectivity index (χ3v) is 3.24. The molecule has 0 saturated heterocycles. The molecule has 1 aromatic carbocycles. The summed E-state index contributed by atoms with van der Waals surface area (Å²) in [6.07, 6.45) is 0.672. The lowest BCUT2D eigenvalue weighted by Gasteiger charge is -2.17. The van der Waals surface area contributed by atoms with Gasteiger partial charge >= 0.3 is 0 Å². The van der Waals surface area contributed by atoms with Crippen molar-refractivity contribution in [2.24, 2.45) is 5.14 Å². The molecular weight excluding hydrogens is 243 g/mol. The molecule has 1 rings (SSSR count). The number of sulfonamides is 1. The van der Waals surface area contributed by atoms with E-state index in [4.69, 9.17) is 5.14 Å². The fourth-order valence-corrected chi connectivity index (χ4v) is 2.01. The summed E-state index contributed by atoms with van der Waals surface area (Å²) in [5, 5.41) is 7.87. The van der Waals surface area contributed by atoms with Gasteiger partial charge in [-0.1, -0.05) is 25.1 Å². The minimum atomic E-state index is -3.48. The minimum Gasteiger partial charge on any atom is -0.309 e. The number of hydrogen-bond acceptors (Lipinski definition) is 3. The molecule has 1 unspecified atom stereocenters. The smallest absolute Gasteiger partial charge is 0.210 e. The molecule has 0 aliphatic heterocycles. The monoisotopic (exact) mass is 260 g/mol. The second-order valence-electron chi connectivity index (χ2n) is 3.80. The van der Waals surface area contributed by atoms with E-state index in [0.29, 0.717) is 12.0 Å². The Morgan fingerprint density at radius 3 is 2.59 bits per heavy atom. The van der Waals surface area contributed by atoms with E-state index in [1.807, 2.05) is 6.92 Å². The van der Waals surface area contributed by atoms with E-state index in [2.05, 4.69) is 5.32 Å². The zero-order valence-corrected chi connectivity index (χ0v) is 10.5. The van der Waals surface area contributed by atoms with Crippen molar-refractivity contribution in [1.82, 2.24) is 5.32 Å². The SMILES string of the molecule is CCC(NCCS(N)(=O)=O)c1ccccc1F. The number of nitrogens with one attached hydrogen (secondary N) is 1. The highest BCUT2D eigenvalue weighted by molar-refractivity contribution is 7.89. The Kier molecular flexibility index (Phi) is 5.04. The number of primary sulfonamides is 1. The van der Waals surface area contributed by atoms with E-state index in [9.17, 15) is 12.8 Å². The molecule has 0 aliphatic rings. The summed E-state index contributed by atoms with van der Waals surface area (Å²) in [6.45, 7) is 2.12. The zero-order chi connectivity index (χ0) is 12.9. The molecule has 0 bridgehead atoms. The molecule has 0 saturated carbocycles. The van der Waals surface area contributed by atoms with Gasteiger partial charge in [0.2, 0.25) is 10.0 Å². The third kappa shape index (κ3) is 4.80. The molecule has 0 radical (unpaired) electrons. The maximum absolute atomic E-state index is 13.5. The molecular formula is C11H17FN2O2S. The Morgan fingerprint density at radius 2 is 2.06 bits per heavy atom. The van der Waals surface area contributed by atoms with Crippen molar-refractivity contribution in [3.63, 3.8) is 0 Å². The molecule has 96 valence electrons. The van der Waals surface area contributed by atoms with E-state index in [0.717, 1.165) is 0 Å². The fourth-order valence-electron chi connectivity index (χ4n) is 1.61. The van der Waals surface area contributed by atoms with Crippen molar-refractivity contribution >= 4 is 10.0 Å². The Balaban J connectivity index is 2.64. The molecule has 4 nitrogen and oxygen atoms in total. The topological polar surface area (TPSA) is 72.2 Å². The van der Waals surface area contributed by atoms with Crippen LogP contribution in [-0.4, -0.2) is 20.7 Å². The van der Waals surface area contributed by atoms with Crippen LogP contribution < -0.4 is 10.5 Å². The van der Waals surface area contributed by atoms with Crippen molar-refractivity contribution in [2.75, 3.05) is 12.3 Å². The highest BCUT2D eigenvalue weighted by Gasteiger charge is 2.13. The Morgan fingerprint density at radius 1 is 1.41 bits per heavy atom. The first-order valence-corrected chi connectivity index (χ1v) is 7.14. The van der Waals surface area contributed by atoms with Crippen molar-refractivity contribution in [2.45, 2.75) is 19.4 Å². The van der Waals surface area contributed by atoms with Crippen molar-refractivity contribution < 1.29 is 12.8 Å². The number of rotatable bonds is 6. The lowest BCUT2D eigenvalue weighted by atomic mass is 10.0. The molecule has 0 fully saturated rings. The molecule has 0 spiro atoms. The summed E-state index contributed by atoms with van der Waals surface area (Å²) in [5.41, 5.74) is 0.546. The number of hydrogen-bond donors (Lipinski definition) is 2. The van der Waals surface area contributed by atoms with Gasteiger partial charge in [-0.25, -0.2) is 17.9 Å². The largest absolute Gasteiger partial charge is 0.309 e. The quantitative estimate of drug-likeness (QED) is 0.806. The summed E-state index contributed by atoms with van der Waals surface area (Å²) >= 11 is 0. The van der Waals surface area contributed by atoms with Crippen LogP contribution in [0.5, 0.6) is 0 Å². The molecule has 1 aromatic rings. The van der Waals surface area contributed by atoms with Gasteiger partial charge in [0.05, 0.1) is 5.75 Å². The maximum atomic E-state index is 13.5. The number of nitrogens with two attached hydrogens (primary N) is 1. The van der Waals surface area contributed by atoms with Gasteiger partial charge in [0.15, 0.2) is 0 Å². The van der Waals surface area contributed by atoms with Gasteiger partial charge in [0.1, 0.15) is 5.82 Å². The molecule has 17 heavy (non-hydrogen) atoms. The van der Waals surface area contributed by atoms with Gasteiger partial charge in [-0.2, -0.15) is 0 Å². The Bertz CT molecular complexity index is 462. The summed E-state index contributed by atoms with van der Waals surface area (Å²) in [4.78, 5) is 0. The third-order valence-electron chi connectivity index (χ3n) is 2.47. The van der Waals surface area contributed by atoms with Crippen LogP contribution in [0.2, 0.25) is 0 Å². The van der Waals surface area contributed by atoms with Crippen LogP contribution in [0, 0.1) is 5.82 Å². The van der Waals surface area contributed by atoms with E-state index < -0.39 is 10.0 Å². The van der Waals surface area contributed by atoms with Crippen LogP contribution >= 0.6 is 0 Å². The average molecular weight is 260 g/mol. The van der Waals surface area contributed by atoms with Crippen LogP contribution in [0.25, 0.3) is 0 Å². The lowest BCUT2D eigenvalue weighted by Crippen LogP contribution is -2.30. The zero-order valence-electron chi connectivity index (χ0n) is 9.69. The predicted molar refractivity (Wildman–Crippen MR) is 65.4 cm³/mol. The Labute approximate surface area is 101 Å². The lowest BCUT2D eigenvalue weighted by molar-refractivity contribution is 0.499. The van der Waals surface area contributed by atoms with E-state index in [-0.39, 0.29) is 24.2 Å². The normalized spacial score (nSPS) is 13.6. The first-order chi connectivity index (χ1) is 7.94. The molecule has 3 N–H and O–H groups in total. The van der Waals surface area contributed by atoms with E-state index >= 15 is 0 Å². The second kappa shape index (κ2) is 6.09. The summed E-state index contributed by atoms with van der Waals surface area (Å²) in [5.74, 6) is -0.444. The van der Waals surface area contributed by atoms with Gasteiger partial charge < -0.3 is 5.32 Å². The van der Waals surface area contributed by atoms with E-state index in [1.54, 1.807) is 18.2 Å². The molecule has 0 aliphatic carbocycles. The van der Waals surface area contributed by atoms with E-state index in [1.165, 1.54) is 6.07 Å². The van der Waals surface area contributed by atoms with Crippen LogP contribution in [0.15, 0.2) is 24.3 Å². The van der Waals surface area contributed by atoms with Gasteiger partial charge in [0, 0.05) is 18.2 Å². The van der Waals surface area contributed by atoms with Gasteiger partial charge in [-0.3, -0.25) is 0 Å². The summed E-state index contributed by atoms with van der Waals surface area (Å²) in [7, 11) is -3.48. The first-order valence-electron chi connectivity index (χ1n) is 5.42. The number of halogens is 1. The molecule has 6 heteroatoms. The fraction of sp³-hybridized carbons (Fsp3) is 0.455. The van der Waals surface area contributed by atoms with Gasteiger partial charge in [0.25, 0.3) is 0 Å². The van der Waals surface area contributed by atoms with Crippen LogP contribution in [-0.2, 0) is 10.0 Å². The molecule has 0 amide bonds. The van der Waals surface area contributed by atoms with Gasteiger partial charge in [-0.15, -0.1) is 0 Å². The molecule has 1 atom stereocenters. The molecule has 0 aromatic heterocycles. The van der Waals surface area contributed by atoms with Crippen molar-refractivity contribution in [3.8, 4) is 0 Å². The van der Waals surface area contributed by atoms with Crippen LogP contribution in [0.1, 0.15) is 24.9 Å². The summed E-state index contributed by atoms with van der Waals surface area (Å²) < 4.78 is 35.0. The highest BCUT2D eigenvalue weighted by atomic mass is 32.2. The Hall–Kier alpha value is -0.980. The average Bonchev–Trinajstić information content (AvgIpc) is 2.24. The van der Waals surface area contributed by atoms with Gasteiger partial charge in [-0.05, 0) is 12.5 Å². The predicted octanol–water partition coefficient (Wildman–Crippen LogP) is 1.15. The second-order valence-corrected chi connectivity index (χ2v) is 5.54. The highest BCUT2D eigenvalue weighted by Crippen LogP contribution is 2.19. The van der Waals surface area contributed by atoms with Crippen molar-refractivity contribution in [1.29, 1.82) is 0 Å².